The summed E-state index contributed by atoms with van der Waals surface area (Å²) in [4.78, 5) is 18.0. The first-order valence-electron chi connectivity index (χ1n) is 17.1. The van der Waals surface area contributed by atoms with Gasteiger partial charge in [-0.15, -0.1) is 0 Å². The van der Waals surface area contributed by atoms with Crippen LogP contribution < -0.4 is 14.4 Å². The highest BCUT2D eigenvalue weighted by molar-refractivity contribution is 7.90. The molecule has 4 atom stereocenters. The van der Waals surface area contributed by atoms with Crippen molar-refractivity contribution in [1.82, 2.24) is 9.62 Å². The van der Waals surface area contributed by atoms with Gasteiger partial charge in [0.05, 0.1) is 36.5 Å². The predicted molar refractivity (Wildman–Crippen MR) is 182 cm³/mol. The fourth-order valence-electron chi connectivity index (χ4n) is 7.86. The number of sulfonamides is 1. The molecule has 2 bridgehead atoms. The average Bonchev–Trinajstić information content (AvgIpc) is 3.14. The summed E-state index contributed by atoms with van der Waals surface area (Å²) >= 11 is 6.44. The third kappa shape index (κ3) is 6.69. The highest BCUT2D eigenvalue weighted by Crippen LogP contribution is 2.47. The smallest absolute Gasteiger partial charge is 0.265 e. The van der Waals surface area contributed by atoms with E-state index in [9.17, 15) is 13.2 Å². The standard InChI is InChI=1S/C36H46ClN3O6S/c1-35(2)34(41)38-47(42,43)28-10-13-33-31(21-28)40(23-36(24-45-33)14-3-6-25-20-27(37)9-12-30(25)36)22-26-8-11-29(26)32(7-4-18-46-35)44-19-17-39-15-5-16-39/h4,7,9-10,12-13,20-21,26,29,32H,3,5-6,8,11,14-19,22-24H2,1-2H3,(H,38,41)/t26-,29+,32-,36-/m0/s1. The van der Waals surface area contributed by atoms with Crippen LogP contribution in [0.4, 0.5) is 5.69 Å². The van der Waals surface area contributed by atoms with Gasteiger partial charge in [0, 0.05) is 30.1 Å². The highest BCUT2D eigenvalue weighted by Gasteiger charge is 2.45. The number of hydrogen-bond acceptors (Lipinski definition) is 8. The van der Waals surface area contributed by atoms with Crippen molar-refractivity contribution < 1.29 is 27.4 Å². The molecule has 0 aromatic heterocycles. The largest absolute Gasteiger partial charge is 0.490 e. The van der Waals surface area contributed by atoms with Crippen LogP contribution in [-0.4, -0.2) is 83.5 Å². The molecule has 47 heavy (non-hydrogen) atoms. The van der Waals surface area contributed by atoms with E-state index in [0.717, 1.165) is 69.0 Å². The third-order valence-electron chi connectivity index (χ3n) is 11.0. The number of carbonyl (C=O) groups excluding carboxylic acids is 1. The van der Waals surface area contributed by atoms with Crippen molar-refractivity contribution in [3.05, 3.63) is 64.7 Å². The lowest BCUT2D eigenvalue weighted by Crippen LogP contribution is -2.50. The number of likely N-dealkylation sites (tertiary alicyclic amines) is 1. The summed E-state index contributed by atoms with van der Waals surface area (Å²) in [6.45, 7) is 9.09. The Morgan fingerprint density at radius 3 is 2.72 bits per heavy atom. The van der Waals surface area contributed by atoms with Gasteiger partial charge in [0.1, 0.15) is 11.4 Å². The Morgan fingerprint density at radius 2 is 1.96 bits per heavy atom. The Balaban J connectivity index is 1.26. The summed E-state index contributed by atoms with van der Waals surface area (Å²) in [5.41, 5.74) is 1.60. The topological polar surface area (TPSA) is 97.4 Å². The number of benzene rings is 2. The van der Waals surface area contributed by atoms with Gasteiger partial charge in [-0.05, 0) is 119 Å². The number of ether oxygens (including phenoxy) is 3. The monoisotopic (exact) mass is 683 g/mol. The maximum absolute atomic E-state index is 13.6. The summed E-state index contributed by atoms with van der Waals surface area (Å²) < 4.78 is 48.6. The van der Waals surface area contributed by atoms with Crippen LogP contribution in [-0.2, 0) is 36.1 Å². The Morgan fingerprint density at radius 1 is 1.11 bits per heavy atom. The third-order valence-corrected chi connectivity index (χ3v) is 12.5. The molecule has 2 fully saturated rings. The Bertz CT molecular complexity index is 1640. The summed E-state index contributed by atoms with van der Waals surface area (Å²) in [7, 11) is -4.18. The van der Waals surface area contributed by atoms with Gasteiger partial charge in [-0.3, -0.25) is 4.79 Å². The second-order valence-electron chi connectivity index (χ2n) is 14.5. The molecule has 2 aromatic rings. The SMILES string of the molecule is CC1(C)OCC=C[C@H](OCCN2CCC2)[C@@H]2CC[C@H]2CN2C[C@@]3(CCCc4cc(Cl)ccc43)COc3ccc(cc32)S(=O)(=O)NC1=O. The quantitative estimate of drug-likeness (QED) is 0.445. The predicted octanol–water partition coefficient (Wildman–Crippen LogP) is 5.10. The molecule has 0 unspecified atom stereocenters. The van der Waals surface area contributed by atoms with Crippen LogP contribution in [0.25, 0.3) is 0 Å². The van der Waals surface area contributed by atoms with Crippen LogP contribution >= 0.6 is 11.6 Å². The molecule has 1 spiro atoms. The van der Waals surface area contributed by atoms with Crippen molar-refractivity contribution in [3.8, 4) is 5.75 Å². The molecule has 11 heteroatoms. The van der Waals surface area contributed by atoms with Gasteiger partial charge in [-0.25, -0.2) is 13.1 Å². The molecule has 2 aliphatic carbocycles. The Hall–Kier alpha value is -2.63. The zero-order valence-corrected chi connectivity index (χ0v) is 29.0. The number of nitrogens with zero attached hydrogens (tertiary/aromatic N) is 2. The molecule has 1 saturated heterocycles. The van der Waals surface area contributed by atoms with Crippen LogP contribution in [0.1, 0.15) is 57.1 Å². The summed E-state index contributed by atoms with van der Waals surface area (Å²) in [6, 6.07) is 11.1. The molecule has 3 heterocycles. The molecule has 1 saturated carbocycles. The van der Waals surface area contributed by atoms with Crippen molar-refractivity contribution in [1.29, 1.82) is 0 Å². The van der Waals surface area contributed by atoms with E-state index in [-0.39, 0.29) is 23.0 Å². The van der Waals surface area contributed by atoms with Crippen LogP contribution in [0.15, 0.2) is 53.4 Å². The van der Waals surface area contributed by atoms with E-state index in [4.69, 9.17) is 25.8 Å². The van der Waals surface area contributed by atoms with E-state index < -0.39 is 21.5 Å². The van der Waals surface area contributed by atoms with Crippen molar-refractivity contribution in [3.63, 3.8) is 0 Å². The minimum absolute atomic E-state index is 0.0186. The molecule has 254 valence electrons. The van der Waals surface area contributed by atoms with Crippen LogP contribution in [0.5, 0.6) is 5.75 Å². The lowest BCUT2D eigenvalue weighted by molar-refractivity contribution is -0.139. The number of carbonyl (C=O) groups is 1. The molecule has 5 aliphatic rings. The van der Waals surface area contributed by atoms with Gasteiger partial charge >= 0.3 is 0 Å². The summed E-state index contributed by atoms with van der Waals surface area (Å²) in [5.74, 6) is 0.574. The molecular formula is C36H46ClN3O6S. The van der Waals surface area contributed by atoms with E-state index in [2.05, 4.69) is 32.7 Å². The molecule has 0 radical (unpaired) electrons. The first-order chi connectivity index (χ1) is 22.5. The zero-order chi connectivity index (χ0) is 32.8. The number of halogens is 1. The number of aryl methyl sites for hydroxylation is 1. The maximum Gasteiger partial charge on any atom is 0.265 e. The van der Waals surface area contributed by atoms with Gasteiger partial charge in [0.2, 0.25) is 0 Å². The number of nitrogens with one attached hydrogen (secondary N) is 1. The minimum Gasteiger partial charge on any atom is -0.490 e. The zero-order valence-electron chi connectivity index (χ0n) is 27.4. The van der Waals surface area contributed by atoms with Crippen molar-refractivity contribution in [2.24, 2.45) is 11.8 Å². The number of amides is 1. The maximum atomic E-state index is 13.6. The normalized spacial score (nSPS) is 30.1. The Labute approximate surface area is 283 Å². The van der Waals surface area contributed by atoms with E-state index in [0.29, 0.717) is 37.3 Å². The first kappa shape index (κ1) is 32.9. The molecule has 7 rings (SSSR count). The van der Waals surface area contributed by atoms with Crippen LogP contribution in [0.3, 0.4) is 0 Å². The van der Waals surface area contributed by atoms with Crippen LogP contribution in [0.2, 0.25) is 5.02 Å². The fraction of sp³-hybridized carbons (Fsp3) is 0.583. The lowest BCUT2D eigenvalue weighted by atomic mass is 9.68. The minimum atomic E-state index is -4.18. The second-order valence-corrected chi connectivity index (χ2v) is 16.6. The van der Waals surface area contributed by atoms with E-state index in [1.54, 1.807) is 26.0 Å². The van der Waals surface area contributed by atoms with E-state index >= 15 is 0 Å². The number of fused-ring (bicyclic) bond motifs is 4. The Kier molecular flexibility index (Phi) is 9.10. The summed E-state index contributed by atoms with van der Waals surface area (Å²) in [5, 5.41) is 0.736. The van der Waals surface area contributed by atoms with Gasteiger partial charge in [0.15, 0.2) is 0 Å². The number of hydrogen-bond donors (Lipinski definition) is 1. The molecule has 9 nitrogen and oxygen atoms in total. The van der Waals surface area contributed by atoms with Crippen molar-refractivity contribution in [2.45, 2.75) is 74.4 Å². The molecule has 2 aromatic carbocycles. The molecular weight excluding hydrogens is 638 g/mol. The lowest BCUT2D eigenvalue weighted by Gasteiger charge is -2.46. The number of rotatable bonds is 4. The van der Waals surface area contributed by atoms with E-state index in [1.807, 2.05) is 12.1 Å². The summed E-state index contributed by atoms with van der Waals surface area (Å²) in [6.07, 6.45) is 10.2. The molecule has 3 aliphatic heterocycles. The first-order valence-corrected chi connectivity index (χ1v) is 18.9. The van der Waals surface area contributed by atoms with E-state index in [1.165, 1.54) is 23.6 Å². The molecule has 1 amide bonds. The highest BCUT2D eigenvalue weighted by atomic mass is 35.5. The van der Waals surface area contributed by atoms with Crippen molar-refractivity contribution >= 4 is 33.2 Å². The van der Waals surface area contributed by atoms with Gasteiger partial charge in [-0.2, -0.15) is 0 Å². The second kappa shape index (κ2) is 13.0. The molecule has 1 N–H and O–H groups in total. The van der Waals surface area contributed by atoms with Crippen LogP contribution in [0, 0.1) is 11.8 Å². The van der Waals surface area contributed by atoms with Crippen molar-refractivity contribution in [2.75, 3.05) is 57.4 Å². The van der Waals surface area contributed by atoms with Gasteiger partial charge < -0.3 is 24.0 Å². The number of anilines is 1. The fourth-order valence-corrected chi connectivity index (χ4v) is 9.18. The van der Waals surface area contributed by atoms with Gasteiger partial charge in [0.25, 0.3) is 15.9 Å². The average molecular weight is 684 g/mol. The van der Waals surface area contributed by atoms with Gasteiger partial charge in [-0.1, -0.05) is 29.8 Å².